The Bertz CT molecular complexity index is 607. The van der Waals surface area contributed by atoms with Crippen LogP contribution in [-0.4, -0.2) is 13.2 Å². The van der Waals surface area contributed by atoms with Crippen LogP contribution in [-0.2, 0) is 12.8 Å². The fraction of sp³-hybridized carbons (Fsp3) is 0.250. The van der Waals surface area contributed by atoms with Gasteiger partial charge in [-0.2, -0.15) is 0 Å². The lowest BCUT2D eigenvalue weighted by Gasteiger charge is -2.17. The molecule has 0 aliphatic rings. The summed E-state index contributed by atoms with van der Waals surface area (Å²) in [5, 5.41) is 0. The molecule has 0 aliphatic heterocycles. The Morgan fingerprint density at radius 2 is 2.05 bits per heavy atom. The molecule has 1 atom stereocenters. The predicted molar refractivity (Wildman–Crippen MR) is 85.6 cm³/mol. The molecule has 0 aromatic heterocycles. The highest BCUT2D eigenvalue weighted by atomic mass is 79.9. The summed E-state index contributed by atoms with van der Waals surface area (Å²) in [6, 6.07) is 12.8. The van der Waals surface area contributed by atoms with Gasteiger partial charge >= 0.3 is 0 Å². The van der Waals surface area contributed by atoms with Gasteiger partial charge in [-0.3, -0.25) is 11.3 Å². The largest absolute Gasteiger partial charge is 0.497 e. The first-order chi connectivity index (χ1) is 10.1. The van der Waals surface area contributed by atoms with Crippen LogP contribution >= 0.6 is 15.9 Å². The van der Waals surface area contributed by atoms with E-state index in [1.807, 2.05) is 30.3 Å². The van der Waals surface area contributed by atoms with Crippen LogP contribution in [0.4, 0.5) is 4.39 Å². The number of methoxy groups -OCH3 is 1. The number of halogens is 2. The number of hydrazine groups is 1. The number of hydrogen-bond donors (Lipinski definition) is 2. The summed E-state index contributed by atoms with van der Waals surface area (Å²) in [6.45, 7) is 0. The van der Waals surface area contributed by atoms with Crippen molar-refractivity contribution in [2.24, 2.45) is 5.84 Å². The quantitative estimate of drug-likeness (QED) is 0.619. The van der Waals surface area contributed by atoms with Crippen molar-refractivity contribution in [2.45, 2.75) is 18.9 Å². The van der Waals surface area contributed by atoms with Gasteiger partial charge in [0.2, 0.25) is 0 Å². The Hall–Kier alpha value is -1.43. The number of nitrogens with two attached hydrogens (primary N) is 1. The Morgan fingerprint density at radius 1 is 1.24 bits per heavy atom. The molecule has 0 aliphatic carbocycles. The van der Waals surface area contributed by atoms with Crippen molar-refractivity contribution in [3.63, 3.8) is 0 Å². The highest BCUT2D eigenvalue weighted by molar-refractivity contribution is 9.10. The van der Waals surface area contributed by atoms with Gasteiger partial charge in [0.25, 0.3) is 0 Å². The van der Waals surface area contributed by atoms with Crippen molar-refractivity contribution < 1.29 is 9.13 Å². The van der Waals surface area contributed by atoms with Gasteiger partial charge in [0.15, 0.2) is 0 Å². The van der Waals surface area contributed by atoms with E-state index in [9.17, 15) is 4.39 Å². The highest BCUT2D eigenvalue weighted by Crippen LogP contribution is 2.19. The van der Waals surface area contributed by atoms with Gasteiger partial charge in [0.05, 0.1) is 7.11 Å². The van der Waals surface area contributed by atoms with Crippen LogP contribution in [0, 0.1) is 5.82 Å². The third kappa shape index (κ3) is 4.52. The summed E-state index contributed by atoms with van der Waals surface area (Å²) in [5.41, 5.74) is 4.49. The van der Waals surface area contributed by atoms with Gasteiger partial charge in [-0.1, -0.05) is 34.1 Å². The van der Waals surface area contributed by atoms with E-state index in [1.165, 1.54) is 6.07 Å². The van der Waals surface area contributed by atoms with E-state index in [0.717, 1.165) is 15.8 Å². The van der Waals surface area contributed by atoms with Crippen LogP contribution in [0.25, 0.3) is 0 Å². The molecule has 5 heteroatoms. The maximum atomic E-state index is 13.9. The highest BCUT2D eigenvalue weighted by Gasteiger charge is 2.12. The molecule has 0 spiro atoms. The molecule has 2 aromatic carbocycles. The lowest BCUT2D eigenvalue weighted by atomic mass is 9.99. The number of rotatable bonds is 6. The first-order valence-corrected chi connectivity index (χ1v) is 7.44. The van der Waals surface area contributed by atoms with Gasteiger partial charge in [0.1, 0.15) is 11.6 Å². The van der Waals surface area contributed by atoms with E-state index in [4.69, 9.17) is 10.6 Å². The van der Waals surface area contributed by atoms with Crippen LogP contribution in [0.5, 0.6) is 5.75 Å². The van der Waals surface area contributed by atoms with Crippen molar-refractivity contribution in [1.29, 1.82) is 0 Å². The molecule has 2 rings (SSSR count). The zero-order valence-electron chi connectivity index (χ0n) is 11.8. The van der Waals surface area contributed by atoms with Crippen LogP contribution in [0.1, 0.15) is 11.1 Å². The topological polar surface area (TPSA) is 47.3 Å². The molecule has 2 aromatic rings. The second kappa shape index (κ2) is 7.54. The fourth-order valence-electron chi connectivity index (χ4n) is 2.23. The zero-order valence-corrected chi connectivity index (χ0v) is 13.4. The monoisotopic (exact) mass is 352 g/mol. The van der Waals surface area contributed by atoms with Crippen LogP contribution in [0.2, 0.25) is 0 Å². The standard InChI is InChI=1S/C16H18BrFN2O/c1-21-15-4-2-3-11(8-15)7-14(20-19)9-12-5-6-13(17)10-16(12)18/h2-6,8,10,14,20H,7,9,19H2,1H3. The molecule has 112 valence electrons. The van der Waals surface area contributed by atoms with E-state index < -0.39 is 0 Å². The number of hydrogen-bond acceptors (Lipinski definition) is 3. The summed E-state index contributed by atoms with van der Waals surface area (Å²) in [4.78, 5) is 0. The lowest BCUT2D eigenvalue weighted by molar-refractivity contribution is 0.413. The molecule has 0 amide bonds. The molecule has 0 bridgehead atoms. The zero-order chi connectivity index (χ0) is 15.2. The van der Waals surface area contributed by atoms with Crippen molar-refractivity contribution in [1.82, 2.24) is 5.43 Å². The Labute approximate surface area is 132 Å². The van der Waals surface area contributed by atoms with Crippen molar-refractivity contribution in [3.8, 4) is 5.75 Å². The molecule has 0 heterocycles. The minimum absolute atomic E-state index is 0.0484. The summed E-state index contributed by atoms with van der Waals surface area (Å²) in [7, 11) is 1.63. The van der Waals surface area contributed by atoms with Gasteiger partial charge in [-0.05, 0) is 48.2 Å². The minimum Gasteiger partial charge on any atom is -0.497 e. The molecule has 3 N–H and O–H groups in total. The van der Waals surface area contributed by atoms with E-state index in [2.05, 4.69) is 21.4 Å². The second-order valence-corrected chi connectivity index (χ2v) is 5.77. The maximum Gasteiger partial charge on any atom is 0.127 e. The van der Waals surface area contributed by atoms with Crippen molar-refractivity contribution in [3.05, 3.63) is 63.9 Å². The van der Waals surface area contributed by atoms with Crippen molar-refractivity contribution in [2.75, 3.05) is 7.11 Å². The number of ether oxygens (including phenoxy) is 1. The summed E-state index contributed by atoms with van der Waals surface area (Å²) >= 11 is 3.26. The molecule has 3 nitrogen and oxygen atoms in total. The molecular formula is C16H18BrFN2O. The van der Waals surface area contributed by atoms with Crippen molar-refractivity contribution >= 4 is 15.9 Å². The average molecular weight is 353 g/mol. The SMILES string of the molecule is COc1cccc(CC(Cc2ccc(Br)cc2F)NN)c1. The molecule has 0 radical (unpaired) electrons. The average Bonchev–Trinajstić information content (AvgIpc) is 2.49. The van der Waals surface area contributed by atoms with Gasteiger partial charge < -0.3 is 4.74 Å². The molecular weight excluding hydrogens is 335 g/mol. The van der Waals surface area contributed by atoms with E-state index in [1.54, 1.807) is 13.2 Å². The Kier molecular flexibility index (Phi) is 5.73. The van der Waals surface area contributed by atoms with E-state index in [-0.39, 0.29) is 11.9 Å². The molecule has 0 fully saturated rings. The third-order valence-electron chi connectivity index (χ3n) is 3.33. The van der Waals surface area contributed by atoms with Crippen LogP contribution in [0.3, 0.4) is 0 Å². The Morgan fingerprint density at radius 3 is 2.71 bits per heavy atom. The minimum atomic E-state index is -0.227. The normalized spacial score (nSPS) is 12.2. The van der Waals surface area contributed by atoms with Crippen LogP contribution in [0.15, 0.2) is 46.9 Å². The van der Waals surface area contributed by atoms with E-state index >= 15 is 0 Å². The summed E-state index contributed by atoms with van der Waals surface area (Å²) in [6.07, 6.45) is 1.22. The number of nitrogens with one attached hydrogen (secondary N) is 1. The summed E-state index contributed by atoms with van der Waals surface area (Å²) < 4.78 is 19.8. The van der Waals surface area contributed by atoms with Gasteiger partial charge in [-0.15, -0.1) is 0 Å². The van der Waals surface area contributed by atoms with Gasteiger partial charge in [-0.25, -0.2) is 4.39 Å². The van der Waals surface area contributed by atoms with Gasteiger partial charge in [0, 0.05) is 10.5 Å². The molecule has 21 heavy (non-hydrogen) atoms. The molecule has 0 saturated carbocycles. The van der Waals surface area contributed by atoms with Crippen LogP contribution < -0.4 is 16.0 Å². The fourth-order valence-corrected chi connectivity index (χ4v) is 2.56. The second-order valence-electron chi connectivity index (χ2n) is 4.86. The lowest BCUT2D eigenvalue weighted by Crippen LogP contribution is -2.38. The third-order valence-corrected chi connectivity index (χ3v) is 3.83. The Balaban J connectivity index is 2.09. The molecule has 0 saturated heterocycles. The smallest absolute Gasteiger partial charge is 0.127 e. The number of benzene rings is 2. The van der Waals surface area contributed by atoms with E-state index in [0.29, 0.717) is 18.4 Å². The summed E-state index contributed by atoms with van der Waals surface area (Å²) in [5.74, 6) is 6.18. The molecule has 1 unspecified atom stereocenters. The maximum absolute atomic E-state index is 13.9. The first kappa shape index (κ1) is 15.9. The first-order valence-electron chi connectivity index (χ1n) is 6.65. The predicted octanol–water partition coefficient (Wildman–Crippen LogP) is 3.21.